The Morgan fingerprint density at radius 3 is 2.48 bits per heavy atom. The van der Waals surface area contributed by atoms with Crippen LogP contribution in [-0.4, -0.2) is 36.1 Å². The lowest BCUT2D eigenvalue weighted by Gasteiger charge is -2.30. The molecule has 3 aromatic carbocycles. The van der Waals surface area contributed by atoms with Crippen LogP contribution < -0.4 is 10.5 Å². The topological polar surface area (TPSA) is 71.2 Å². The number of aryl methyl sites for hydroxylation is 1. The second-order valence-electron chi connectivity index (χ2n) is 8.01. The molecule has 0 aliphatic carbocycles. The largest absolute Gasteiger partial charge is 0.378 e. The highest BCUT2D eigenvalue weighted by atomic mass is 79.9. The monoisotopic (exact) mass is 500 g/mol. The molecule has 5 rings (SSSR count). The van der Waals surface area contributed by atoms with Crippen LogP contribution in [0.4, 0.5) is 5.69 Å². The summed E-state index contributed by atoms with van der Waals surface area (Å²) in [6.45, 7) is 4.60. The van der Waals surface area contributed by atoms with Crippen LogP contribution in [0.3, 0.4) is 0 Å². The highest BCUT2D eigenvalue weighted by Gasteiger charge is 2.20. The van der Waals surface area contributed by atoms with Gasteiger partial charge in [0.15, 0.2) is 0 Å². The van der Waals surface area contributed by atoms with Gasteiger partial charge in [0.05, 0.1) is 41.2 Å². The molecule has 2 heterocycles. The van der Waals surface area contributed by atoms with Gasteiger partial charge in [0.25, 0.3) is 5.56 Å². The van der Waals surface area contributed by atoms with Gasteiger partial charge in [-0.1, -0.05) is 42.0 Å². The number of morpholine rings is 1. The second kappa shape index (κ2) is 8.81. The molecule has 1 fully saturated rings. The molecule has 33 heavy (non-hydrogen) atoms. The molecule has 7 heteroatoms. The first-order chi connectivity index (χ1) is 16.1. The van der Waals surface area contributed by atoms with E-state index in [1.807, 2.05) is 55.5 Å². The summed E-state index contributed by atoms with van der Waals surface area (Å²) in [5.41, 5.74) is 4.50. The number of hydrogen-bond donors (Lipinski definition) is 0. The summed E-state index contributed by atoms with van der Waals surface area (Å²) in [5.74, 6) is 0. The van der Waals surface area contributed by atoms with Gasteiger partial charge in [-0.05, 0) is 47.1 Å². The summed E-state index contributed by atoms with van der Waals surface area (Å²) in [4.78, 5) is 15.7. The molecule has 0 saturated carbocycles. The van der Waals surface area contributed by atoms with Crippen LogP contribution in [0.5, 0.6) is 0 Å². The van der Waals surface area contributed by atoms with Crippen LogP contribution in [0, 0.1) is 18.3 Å². The number of aromatic nitrogens is 2. The minimum absolute atomic E-state index is 0.208. The lowest BCUT2D eigenvalue weighted by molar-refractivity contribution is 0.122. The van der Waals surface area contributed by atoms with Gasteiger partial charge in [0.1, 0.15) is 6.07 Å². The molecule has 1 aliphatic rings. The molecule has 0 unspecified atom stereocenters. The Balaban J connectivity index is 1.78. The Bertz CT molecular complexity index is 1470. The van der Waals surface area contributed by atoms with E-state index in [0.717, 1.165) is 27.9 Å². The quantitative estimate of drug-likeness (QED) is 0.402. The Morgan fingerprint density at radius 1 is 1.00 bits per heavy atom. The summed E-state index contributed by atoms with van der Waals surface area (Å²) in [7, 11) is 0. The zero-order valence-electron chi connectivity index (χ0n) is 18.1. The third-order valence-corrected chi connectivity index (χ3v) is 6.50. The molecule has 0 radical (unpaired) electrons. The molecule has 0 atom stereocenters. The smallest absolute Gasteiger partial charge is 0.279 e. The first-order valence-electron chi connectivity index (χ1n) is 10.7. The molecule has 0 spiro atoms. The molecular weight excluding hydrogens is 480 g/mol. The predicted octanol–water partition coefficient (Wildman–Crippen LogP) is 4.83. The first-order valence-corrected chi connectivity index (χ1v) is 11.5. The third-order valence-electron chi connectivity index (χ3n) is 5.86. The van der Waals surface area contributed by atoms with Gasteiger partial charge in [-0.15, -0.1) is 0 Å². The predicted molar refractivity (Wildman–Crippen MR) is 133 cm³/mol. The molecule has 0 bridgehead atoms. The van der Waals surface area contributed by atoms with Crippen molar-refractivity contribution in [2.45, 2.75) is 6.92 Å². The van der Waals surface area contributed by atoms with Crippen LogP contribution in [0.2, 0.25) is 0 Å². The summed E-state index contributed by atoms with van der Waals surface area (Å²) in [6, 6.07) is 21.5. The second-order valence-corrected chi connectivity index (χ2v) is 8.87. The van der Waals surface area contributed by atoms with E-state index in [1.165, 1.54) is 4.68 Å². The molecule has 164 valence electrons. The number of hydrogen-bond acceptors (Lipinski definition) is 5. The van der Waals surface area contributed by atoms with Crippen LogP contribution in [-0.2, 0) is 4.74 Å². The fraction of sp³-hybridized carbons (Fsp3) is 0.192. The Morgan fingerprint density at radius 2 is 1.76 bits per heavy atom. The van der Waals surface area contributed by atoms with E-state index in [-0.39, 0.29) is 5.56 Å². The van der Waals surface area contributed by atoms with Gasteiger partial charge in [-0.2, -0.15) is 15.0 Å². The lowest BCUT2D eigenvalue weighted by Crippen LogP contribution is -2.36. The molecule has 1 aromatic heterocycles. The molecule has 1 aliphatic heterocycles. The third kappa shape index (κ3) is 3.92. The summed E-state index contributed by atoms with van der Waals surface area (Å²) >= 11 is 3.58. The van der Waals surface area contributed by atoms with E-state index in [0.29, 0.717) is 47.4 Å². The van der Waals surface area contributed by atoms with Gasteiger partial charge in [-0.25, -0.2) is 0 Å². The molecular formula is C26H21BrN4O2. The van der Waals surface area contributed by atoms with Crippen molar-refractivity contribution in [3.05, 3.63) is 86.6 Å². The Hall–Kier alpha value is -3.47. The maximum Gasteiger partial charge on any atom is 0.279 e. The summed E-state index contributed by atoms with van der Waals surface area (Å²) in [6.07, 6.45) is 0. The van der Waals surface area contributed by atoms with E-state index in [2.05, 4.69) is 33.0 Å². The van der Waals surface area contributed by atoms with Crippen molar-refractivity contribution >= 4 is 32.4 Å². The number of benzene rings is 3. The van der Waals surface area contributed by atoms with Crippen molar-refractivity contribution in [3.8, 4) is 23.0 Å². The standard InChI is InChI=1S/C26H21BrN4O2/c1-17-5-4-6-18(13-17)25-20-7-2-3-8-21(20)26(32)31(29-25)24-15-23(19(16-28)14-22(24)27)30-9-11-33-12-10-30/h2-8,13-15H,9-12H2,1H3. The van der Waals surface area contributed by atoms with Crippen molar-refractivity contribution in [3.63, 3.8) is 0 Å². The molecule has 6 nitrogen and oxygen atoms in total. The first kappa shape index (κ1) is 21.4. The van der Waals surface area contributed by atoms with Gasteiger partial charge < -0.3 is 9.64 Å². The SMILES string of the molecule is Cc1cccc(-c2nn(-c3cc(N4CCOCC4)c(C#N)cc3Br)c(=O)c3ccccc23)c1. The number of nitriles is 1. The maximum absolute atomic E-state index is 13.6. The van der Waals surface area contributed by atoms with E-state index < -0.39 is 0 Å². The molecule has 1 saturated heterocycles. The molecule has 0 N–H and O–H groups in total. The van der Waals surface area contributed by atoms with Gasteiger partial charge >= 0.3 is 0 Å². The fourth-order valence-electron chi connectivity index (χ4n) is 4.23. The van der Waals surface area contributed by atoms with Crippen molar-refractivity contribution in [1.82, 2.24) is 9.78 Å². The van der Waals surface area contributed by atoms with Crippen LogP contribution in [0.25, 0.3) is 27.7 Å². The van der Waals surface area contributed by atoms with Crippen molar-refractivity contribution in [1.29, 1.82) is 5.26 Å². The average Bonchev–Trinajstić information content (AvgIpc) is 2.85. The van der Waals surface area contributed by atoms with E-state index in [9.17, 15) is 10.1 Å². The highest BCUT2D eigenvalue weighted by Crippen LogP contribution is 2.32. The Kier molecular flexibility index (Phi) is 5.71. The number of rotatable bonds is 3. The highest BCUT2D eigenvalue weighted by molar-refractivity contribution is 9.10. The number of ether oxygens (including phenoxy) is 1. The number of halogens is 1. The number of nitrogens with zero attached hydrogens (tertiary/aromatic N) is 4. The van der Waals surface area contributed by atoms with Crippen LogP contribution in [0.15, 0.2) is 69.9 Å². The normalized spacial score (nSPS) is 13.8. The van der Waals surface area contributed by atoms with Crippen molar-refractivity contribution < 1.29 is 4.74 Å². The minimum Gasteiger partial charge on any atom is -0.378 e. The summed E-state index contributed by atoms with van der Waals surface area (Å²) in [5, 5.41) is 16.0. The van der Waals surface area contributed by atoms with E-state index in [4.69, 9.17) is 9.84 Å². The van der Waals surface area contributed by atoms with Gasteiger partial charge in [-0.3, -0.25) is 4.79 Å². The van der Waals surface area contributed by atoms with Crippen molar-refractivity contribution in [2.24, 2.45) is 0 Å². The number of fused-ring (bicyclic) bond motifs is 1. The zero-order chi connectivity index (χ0) is 22.9. The average molecular weight is 501 g/mol. The van der Waals surface area contributed by atoms with Crippen LogP contribution >= 0.6 is 15.9 Å². The van der Waals surface area contributed by atoms with Gasteiger partial charge in [0, 0.05) is 28.5 Å². The van der Waals surface area contributed by atoms with Crippen molar-refractivity contribution in [2.75, 3.05) is 31.2 Å². The van der Waals surface area contributed by atoms with Gasteiger partial charge in [0.2, 0.25) is 0 Å². The summed E-state index contributed by atoms with van der Waals surface area (Å²) < 4.78 is 7.55. The van der Waals surface area contributed by atoms with E-state index in [1.54, 1.807) is 6.07 Å². The zero-order valence-corrected chi connectivity index (χ0v) is 19.7. The fourth-order valence-corrected chi connectivity index (χ4v) is 4.74. The minimum atomic E-state index is -0.208. The lowest BCUT2D eigenvalue weighted by atomic mass is 10.0. The maximum atomic E-state index is 13.6. The molecule has 4 aromatic rings. The Labute approximate surface area is 199 Å². The van der Waals surface area contributed by atoms with E-state index >= 15 is 0 Å². The number of anilines is 1. The molecule has 0 amide bonds. The van der Waals surface area contributed by atoms with Crippen LogP contribution in [0.1, 0.15) is 11.1 Å².